The summed E-state index contributed by atoms with van der Waals surface area (Å²) in [4.78, 5) is 24.6. The molecule has 2 N–H and O–H groups in total. The fraction of sp³-hybridized carbons (Fsp3) is 0.833. The number of carboxylic acid groups (broad SMARTS) is 1. The van der Waals surface area contributed by atoms with Crippen molar-refractivity contribution in [1.29, 1.82) is 0 Å². The Labute approximate surface area is 118 Å². The first-order valence-electron chi connectivity index (χ1n) is 6.36. The van der Waals surface area contributed by atoms with Crippen molar-refractivity contribution in [3.05, 3.63) is 0 Å². The van der Waals surface area contributed by atoms with Gasteiger partial charge in [0.05, 0.1) is 13.1 Å². The van der Waals surface area contributed by atoms with E-state index in [1.54, 1.807) is 14.2 Å². The molecule has 3 unspecified atom stereocenters. The molecule has 1 rings (SSSR count). The molecule has 8 heteroatoms. The highest BCUT2D eigenvalue weighted by Crippen LogP contribution is 2.15. The van der Waals surface area contributed by atoms with Gasteiger partial charge in [-0.25, -0.2) is 9.59 Å². The van der Waals surface area contributed by atoms with Gasteiger partial charge in [-0.3, -0.25) is 0 Å². The minimum atomic E-state index is -1.08. The zero-order chi connectivity index (χ0) is 15.1. The summed E-state index contributed by atoms with van der Waals surface area (Å²) in [6.07, 6.45) is -0.187. The smallest absolute Gasteiger partial charge is 0.326 e. The lowest BCUT2D eigenvalue weighted by Gasteiger charge is -2.20. The topological polar surface area (TPSA) is 97.3 Å². The van der Waals surface area contributed by atoms with Crippen LogP contribution >= 0.6 is 0 Å². The minimum Gasteiger partial charge on any atom is -0.480 e. The van der Waals surface area contributed by atoms with E-state index in [0.717, 1.165) is 0 Å². The van der Waals surface area contributed by atoms with E-state index >= 15 is 0 Å². The maximum Gasteiger partial charge on any atom is 0.326 e. The van der Waals surface area contributed by atoms with Crippen LogP contribution < -0.4 is 5.32 Å². The van der Waals surface area contributed by atoms with Crippen molar-refractivity contribution in [2.45, 2.75) is 24.7 Å². The van der Waals surface area contributed by atoms with E-state index in [1.165, 1.54) is 12.0 Å². The molecule has 1 aliphatic heterocycles. The Hall–Kier alpha value is -1.38. The highest BCUT2D eigenvalue weighted by Gasteiger charge is 2.36. The number of urea groups is 1. The van der Waals surface area contributed by atoms with Crippen molar-refractivity contribution in [3.8, 4) is 0 Å². The number of carbonyl (C=O) groups is 2. The third-order valence-corrected chi connectivity index (χ3v) is 3.31. The predicted molar refractivity (Wildman–Crippen MR) is 69.6 cm³/mol. The third-order valence-electron chi connectivity index (χ3n) is 3.31. The maximum absolute atomic E-state index is 12.0. The monoisotopic (exact) mass is 290 g/mol. The van der Waals surface area contributed by atoms with Gasteiger partial charge in [0.2, 0.25) is 0 Å². The molecule has 0 aromatic rings. The summed E-state index contributed by atoms with van der Waals surface area (Å²) >= 11 is 0. The molecule has 2 amide bonds. The van der Waals surface area contributed by atoms with E-state index in [1.807, 2.05) is 0 Å². The third kappa shape index (κ3) is 4.32. The number of hydrogen-bond donors (Lipinski definition) is 2. The molecule has 0 saturated carbocycles. The number of likely N-dealkylation sites (tertiary alicyclic amines) is 1. The molecule has 0 aliphatic carbocycles. The Kier molecular flexibility index (Phi) is 6.69. The summed E-state index contributed by atoms with van der Waals surface area (Å²) in [7, 11) is 4.58. The fourth-order valence-electron chi connectivity index (χ4n) is 2.10. The average Bonchev–Trinajstić information content (AvgIpc) is 2.86. The lowest BCUT2D eigenvalue weighted by molar-refractivity contribution is -0.139. The number of nitrogens with zero attached hydrogens (tertiary/aromatic N) is 1. The van der Waals surface area contributed by atoms with E-state index in [-0.39, 0.29) is 25.2 Å². The van der Waals surface area contributed by atoms with Crippen molar-refractivity contribution in [3.63, 3.8) is 0 Å². The van der Waals surface area contributed by atoms with Crippen LogP contribution in [0.25, 0.3) is 0 Å². The minimum absolute atomic E-state index is 0.201. The van der Waals surface area contributed by atoms with Gasteiger partial charge >= 0.3 is 12.0 Å². The normalized spacial score (nSPS) is 23.6. The molecule has 1 fully saturated rings. The Morgan fingerprint density at radius 1 is 1.25 bits per heavy atom. The molecule has 20 heavy (non-hydrogen) atoms. The van der Waals surface area contributed by atoms with E-state index < -0.39 is 18.0 Å². The van der Waals surface area contributed by atoms with Crippen molar-refractivity contribution in [1.82, 2.24) is 10.2 Å². The first kappa shape index (κ1) is 16.7. The molecule has 0 spiro atoms. The van der Waals surface area contributed by atoms with Crippen LogP contribution in [-0.4, -0.2) is 81.3 Å². The molecule has 8 nitrogen and oxygen atoms in total. The average molecular weight is 290 g/mol. The van der Waals surface area contributed by atoms with Crippen LogP contribution in [0.15, 0.2) is 0 Å². The van der Waals surface area contributed by atoms with Gasteiger partial charge in [-0.05, 0) is 0 Å². The highest BCUT2D eigenvalue weighted by atomic mass is 16.5. The molecule has 0 radical (unpaired) electrons. The highest BCUT2D eigenvalue weighted by molar-refractivity contribution is 5.82. The first-order chi connectivity index (χ1) is 9.53. The lowest BCUT2D eigenvalue weighted by atomic mass is 10.2. The molecule has 3 atom stereocenters. The quantitative estimate of drug-likeness (QED) is 0.658. The van der Waals surface area contributed by atoms with Crippen LogP contribution in [0.2, 0.25) is 0 Å². The summed E-state index contributed by atoms with van der Waals surface area (Å²) in [5, 5.41) is 11.5. The van der Waals surface area contributed by atoms with Gasteiger partial charge < -0.3 is 29.5 Å². The zero-order valence-corrected chi connectivity index (χ0v) is 12.0. The fourth-order valence-corrected chi connectivity index (χ4v) is 2.10. The second kappa shape index (κ2) is 8.03. The molecule has 1 saturated heterocycles. The Balaban J connectivity index is 2.55. The number of aliphatic carboxylic acids is 1. The summed E-state index contributed by atoms with van der Waals surface area (Å²) < 4.78 is 15.3. The molecule has 0 aromatic carbocycles. The molecule has 0 aromatic heterocycles. The largest absolute Gasteiger partial charge is 0.480 e. The molecule has 116 valence electrons. The first-order valence-corrected chi connectivity index (χ1v) is 6.36. The summed E-state index contributed by atoms with van der Waals surface area (Å²) in [6.45, 7) is 1.01. The molecular weight excluding hydrogens is 268 g/mol. The second-order valence-corrected chi connectivity index (χ2v) is 4.58. The SMILES string of the molecule is COCCC(NC(=O)N1CC(OC)C(OC)C1)C(=O)O. The van der Waals surface area contributed by atoms with Crippen LogP contribution in [0.3, 0.4) is 0 Å². The van der Waals surface area contributed by atoms with E-state index in [9.17, 15) is 9.59 Å². The number of carboxylic acids is 1. The van der Waals surface area contributed by atoms with Gasteiger partial charge in [-0.15, -0.1) is 0 Å². The Bertz CT molecular complexity index is 326. The van der Waals surface area contributed by atoms with E-state index in [2.05, 4.69) is 5.32 Å². The Morgan fingerprint density at radius 3 is 2.20 bits per heavy atom. The molecule has 1 heterocycles. The van der Waals surface area contributed by atoms with Gasteiger partial charge in [0.25, 0.3) is 0 Å². The van der Waals surface area contributed by atoms with Crippen LogP contribution in [0.5, 0.6) is 0 Å². The summed E-state index contributed by atoms with van der Waals surface area (Å²) in [5.41, 5.74) is 0. The predicted octanol–water partition coefficient (Wildman–Crippen LogP) is -0.469. The van der Waals surface area contributed by atoms with Gasteiger partial charge in [0, 0.05) is 34.4 Å². The van der Waals surface area contributed by atoms with E-state index in [0.29, 0.717) is 13.1 Å². The van der Waals surface area contributed by atoms with Crippen LogP contribution in [0, 0.1) is 0 Å². The van der Waals surface area contributed by atoms with Crippen LogP contribution in [0.4, 0.5) is 4.79 Å². The van der Waals surface area contributed by atoms with Crippen molar-refractivity contribution < 1.29 is 28.9 Å². The summed E-state index contributed by atoms with van der Waals surface area (Å²) in [6, 6.07) is -1.40. The Morgan fingerprint density at radius 2 is 1.80 bits per heavy atom. The molecular formula is C12H22N2O6. The molecule has 1 aliphatic rings. The second-order valence-electron chi connectivity index (χ2n) is 4.58. The van der Waals surface area contributed by atoms with Crippen molar-refractivity contribution in [2.75, 3.05) is 41.0 Å². The number of methoxy groups -OCH3 is 3. The molecule has 0 bridgehead atoms. The number of rotatable bonds is 7. The summed E-state index contributed by atoms with van der Waals surface area (Å²) in [5.74, 6) is -1.08. The lowest BCUT2D eigenvalue weighted by Crippen LogP contribution is -2.48. The standard InChI is InChI=1S/C12H22N2O6/c1-18-5-4-8(11(15)16)13-12(17)14-6-9(19-2)10(7-14)20-3/h8-10H,4-7H2,1-3H3,(H,13,17)(H,15,16). The number of carbonyl (C=O) groups excluding carboxylic acids is 1. The van der Waals surface area contributed by atoms with Crippen LogP contribution in [-0.2, 0) is 19.0 Å². The number of hydrogen-bond acceptors (Lipinski definition) is 5. The van der Waals surface area contributed by atoms with Gasteiger partial charge in [-0.2, -0.15) is 0 Å². The van der Waals surface area contributed by atoms with E-state index in [4.69, 9.17) is 19.3 Å². The number of ether oxygens (including phenoxy) is 3. The van der Waals surface area contributed by atoms with Gasteiger partial charge in [-0.1, -0.05) is 0 Å². The number of amides is 2. The maximum atomic E-state index is 12.0. The van der Waals surface area contributed by atoms with Crippen molar-refractivity contribution >= 4 is 12.0 Å². The zero-order valence-electron chi connectivity index (χ0n) is 12.0. The van der Waals surface area contributed by atoms with Crippen molar-refractivity contribution in [2.24, 2.45) is 0 Å². The van der Waals surface area contributed by atoms with Crippen LogP contribution in [0.1, 0.15) is 6.42 Å². The number of nitrogens with one attached hydrogen (secondary N) is 1. The van der Waals surface area contributed by atoms with Gasteiger partial charge in [0.1, 0.15) is 18.2 Å². The van der Waals surface area contributed by atoms with Gasteiger partial charge in [0.15, 0.2) is 0 Å².